The molecule has 0 saturated heterocycles. The maximum absolute atomic E-state index is 8.85. The molecule has 0 unspecified atom stereocenters. The molecule has 1 N–H and O–H groups in total. The van der Waals surface area contributed by atoms with E-state index in [2.05, 4.69) is 31.9 Å². The fourth-order valence-electron chi connectivity index (χ4n) is 1.35. The summed E-state index contributed by atoms with van der Waals surface area (Å²) in [7, 11) is 0. The molecule has 0 bridgehead atoms. The lowest BCUT2D eigenvalue weighted by atomic mass is 10.3. The van der Waals surface area contributed by atoms with Crippen molar-refractivity contribution in [2.24, 2.45) is 0 Å². The molecule has 0 spiro atoms. The van der Waals surface area contributed by atoms with E-state index < -0.39 is 0 Å². The average Bonchev–Trinajstić information content (AvgIpc) is 2.88. The Morgan fingerprint density at radius 3 is 3.06 bits per heavy atom. The Bertz CT molecular complexity index is 500. The average molecular weight is 229 g/mol. The second-order valence-electron chi connectivity index (χ2n) is 3.35. The Balaban J connectivity index is 1.80. The first-order valence-corrected chi connectivity index (χ1v) is 5.20. The van der Waals surface area contributed by atoms with Crippen LogP contribution < -0.4 is 5.32 Å². The van der Waals surface area contributed by atoms with Gasteiger partial charge >= 0.3 is 0 Å². The summed E-state index contributed by atoms with van der Waals surface area (Å²) >= 11 is 0. The highest BCUT2D eigenvalue weighted by atomic mass is 15.4. The number of nitrogens with one attached hydrogen (secondary N) is 1. The van der Waals surface area contributed by atoms with E-state index in [0.717, 1.165) is 13.0 Å². The maximum Gasteiger partial charge on any atom is 0.166 e. The molecule has 0 fully saturated rings. The van der Waals surface area contributed by atoms with Crippen molar-refractivity contribution in [3.05, 3.63) is 30.2 Å². The fourth-order valence-corrected chi connectivity index (χ4v) is 1.35. The molecule has 7 heteroatoms. The molecule has 2 rings (SSSR count). The number of nitriles is 1. The zero-order valence-corrected chi connectivity index (χ0v) is 9.11. The summed E-state index contributed by atoms with van der Waals surface area (Å²) in [4.78, 5) is 0. The summed E-state index contributed by atoms with van der Waals surface area (Å²) in [5, 5.41) is 27.1. The minimum Gasteiger partial charge on any atom is -0.367 e. The molecule has 0 saturated carbocycles. The molecule has 0 amide bonds. The van der Waals surface area contributed by atoms with Crippen molar-refractivity contribution in [2.75, 3.05) is 11.9 Å². The van der Waals surface area contributed by atoms with E-state index in [0.29, 0.717) is 17.9 Å². The van der Waals surface area contributed by atoms with Crippen molar-refractivity contribution in [2.45, 2.75) is 13.0 Å². The van der Waals surface area contributed by atoms with Crippen molar-refractivity contribution in [1.82, 2.24) is 25.2 Å². The summed E-state index contributed by atoms with van der Waals surface area (Å²) < 4.78 is 1.75. The van der Waals surface area contributed by atoms with Crippen LogP contribution in [0, 0.1) is 11.3 Å². The van der Waals surface area contributed by atoms with Gasteiger partial charge in [-0.15, -0.1) is 10.2 Å². The summed E-state index contributed by atoms with van der Waals surface area (Å²) in [6, 6.07) is 3.69. The maximum atomic E-state index is 8.85. The molecule has 0 aliphatic rings. The monoisotopic (exact) mass is 229 g/mol. The highest BCUT2D eigenvalue weighted by molar-refractivity contribution is 5.49. The zero-order chi connectivity index (χ0) is 11.9. The van der Waals surface area contributed by atoms with Gasteiger partial charge in [-0.05, 0) is 12.5 Å². The highest BCUT2D eigenvalue weighted by Gasteiger charge is 2.01. The van der Waals surface area contributed by atoms with Crippen molar-refractivity contribution < 1.29 is 0 Å². The predicted molar refractivity (Wildman–Crippen MR) is 59.9 cm³/mol. The summed E-state index contributed by atoms with van der Waals surface area (Å²) in [6.07, 6.45) is 5.82. The summed E-state index contributed by atoms with van der Waals surface area (Å²) in [5.41, 5.74) is 0.501. The molecule has 7 nitrogen and oxygen atoms in total. The van der Waals surface area contributed by atoms with Crippen LogP contribution in [0.3, 0.4) is 0 Å². The molecule has 2 heterocycles. The Labute approximate surface area is 98.1 Å². The first kappa shape index (κ1) is 11.0. The Morgan fingerprint density at radius 2 is 2.29 bits per heavy atom. The third-order valence-electron chi connectivity index (χ3n) is 2.17. The second-order valence-corrected chi connectivity index (χ2v) is 3.35. The topological polar surface area (TPSA) is 92.3 Å². The van der Waals surface area contributed by atoms with Gasteiger partial charge in [0.05, 0.1) is 18.0 Å². The molecule has 0 aromatic carbocycles. The van der Waals surface area contributed by atoms with Crippen LogP contribution in [-0.4, -0.2) is 31.7 Å². The van der Waals surface area contributed by atoms with E-state index in [4.69, 9.17) is 5.26 Å². The van der Waals surface area contributed by atoms with Gasteiger partial charge in [0.1, 0.15) is 6.07 Å². The van der Waals surface area contributed by atoms with Gasteiger partial charge in [-0.3, -0.25) is 4.68 Å². The minimum absolute atomic E-state index is 0.501. The van der Waals surface area contributed by atoms with Crippen LogP contribution in [0.15, 0.2) is 24.7 Å². The van der Waals surface area contributed by atoms with Crippen LogP contribution in [0.4, 0.5) is 5.82 Å². The van der Waals surface area contributed by atoms with Crippen molar-refractivity contribution >= 4 is 5.82 Å². The van der Waals surface area contributed by atoms with Crippen LogP contribution in [0.1, 0.15) is 12.0 Å². The number of nitrogens with zero attached hydrogens (tertiary/aromatic N) is 6. The van der Waals surface area contributed by atoms with Gasteiger partial charge in [-0.25, -0.2) is 0 Å². The van der Waals surface area contributed by atoms with Gasteiger partial charge in [0, 0.05) is 19.3 Å². The normalized spacial score (nSPS) is 9.82. The van der Waals surface area contributed by atoms with E-state index in [-0.39, 0.29) is 0 Å². The van der Waals surface area contributed by atoms with Gasteiger partial charge in [-0.2, -0.15) is 10.4 Å². The van der Waals surface area contributed by atoms with E-state index in [1.807, 2.05) is 6.20 Å². The number of aromatic nitrogens is 5. The number of rotatable bonds is 5. The first-order valence-electron chi connectivity index (χ1n) is 5.20. The van der Waals surface area contributed by atoms with Gasteiger partial charge in [0.15, 0.2) is 5.82 Å². The molecule has 86 valence electrons. The Morgan fingerprint density at radius 1 is 1.35 bits per heavy atom. The SMILES string of the molecule is N#Cc1ccnnc1NCCCn1ccnn1. The lowest BCUT2D eigenvalue weighted by Gasteiger charge is -2.05. The standard InChI is InChI=1S/C10H11N7/c11-8-9-2-4-13-15-10(9)12-3-1-6-17-7-5-14-16-17/h2,4-5,7H,1,3,6H2,(H,12,15). The summed E-state index contributed by atoms with van der Waals surface area (Å²) in [5.74, 6) is 0.522. The lowest BCUT2D eigenvalue weighted by Crippen LogP contribution is -2.09. The molecule has 0 radical (unpaired) electrons. The predicted octanol–water partition coefficient (Wildman–Crippen LogP) is 0.442. The highest BCUT2D eigenvalue weighted by Crippen LogP contribution is 2.07. The van der Waals surface area contributed by atoms with E-state index in [1.165, 1.54) is 6.20 Å². The smallest absolute Gasteiger partial charge is 0.166 e. The zero-order valence-electron chi connectivity index (χ0n) is 9.11. The Kier molecular flexibility index (Phi) is 3.60. The van der Waals surface area contributed by atoms with Gasteiger partial charge in [0.2, 0.25) is 0 Å². The van der Waals surface area contributed by atoms with Crippen LogP contribution in [0.5, 0.6) is 0 Å². The van der Waals surface area contributed by atoms with Crippen molar-refractivity contribution in [1.29, 1.82) is 5.26 Å². The van der Waals surface area contributed by atoms with Crippen LogP contribution in [-0.2, 0) is 6.54 Å². The molecule has 2 aromatic heterocycles. The van der Waals surface area contributed by atoms with E-state index in [9.17, 15) is 0 Å². The van der Waals surface area contributed by atoms with Gasteiger partial charge in [0.25, 0.3) is 0 Å². The summed E-state index contributed by atoms with van der Waals surface area (Å²) in [6.45, 7) is 1.47. The number of hydrogen-bond acceptors (Lipinski definition) is 6. The number of aryl methyl sites for hydroxylation is 1. The van der Waals surface area contributed by atoms with Crippen molar-refractivity contribution in [3.63, 3.8) is 0 Å². The van der Waals surface area contributed by atoms with Crippen LogP contribution in [0.25, 0.3) is 0 Å². The van der Waals surface area contributed by atoms with E-state index in [1.54, 1.807) is 16.9 Å². The molecule has 0 aliphatic heterocycles. The van der Waals surface area contributed by atoms with Gasteiger partial charge < -0.3 is 5.32 Å². The molecule has 17 heavy (non-hydrogen) atoms. The third-order valence-corrected chi connectivity index (χ3v) is 2.17. The molecular formula is C10H11N7. The van der Waals surface area contributed by atoms with E-state index >= 15 is 0 Å². The quantitative estimate of drug-likeness (QED) is 0.748. The largest absolute Gasteiger partial charge is 0.367 e. The Hall–Kier alpha value is -2.49. The van der Waals surface area contributed by atoms with Crippen LogP contribution in [0.2, 0.25) is 0 Å². The lowest BCUT2D eigenvalue weighted by molar-refractivity contribution is 0.569. The number of hydrogen-bond donors (Lipinski definition) is 1. The van der Waals surface area contributed by atoms with Gasteiger partial charge in [-0.1, -0.05) is 5.21 Å². The minimum atomic E-state index is 0.501. The third kappa shape index (κ3) is 2.98. The van der Waals surface area contributed by atoms with Crippen LogP contribution >= 0.6 is 0 Å². The molecule has 2 aromatic rings. The number of anilines is 1. The molecule has 0 atom stereocenters. The van der Waals surface area contributed by atoms with Crippen molar-refractivity contribution in [3.8, 4) is 6.07 Å². The first-order chi connectivity index (χ1) is 8.40. The fraction of sp³-hybridized carbons (Fsp3) is 0.300. The molecule has 0 aliphatic carbocycles. The second kappa shape index (κ2) is 5.55. The molecular weight excluding hydrogens is 218 g/mol.